The first-order chi connectivity index (χ1) is 9.54. The summed E-state index contributed by atoms with van der Waals surface area (Å²) in [5.41, 5.74) is 3.97. The molecule has 0 saturated heterocycles. The Morgan fingerprint density at radius 3 is 2.70 bits per heavy atom. The Balaban J connectivity index is 1.97. The summed E-state index contributed by atoms with van der Waals surface area (Å²) < 4.78 is 0. The third-order valence-corrected chi connectivity index (χ3v) is 3.62. The Hall–Kier alpha value is -2.23. The molecule has 1 fully saturated rings. The molecule has 4 nitrogen and oxygen atoms in total. The summed E-state index contributed by atoms with van der Waals surface area (Å²) >= 11 is 0. The molecule has 0 radical (unpaired) electrons. The molecule has 0 spiro atoms. The number of hydrogen-bond donors (Lipinski definition) is 1. The number of hydrogen-bond acceptors (Lipinski definition) is 3. The van der Waals surface area contributed by atoms with Crippen molar-refractivity contribution in [3.05, 3.63) is 47.4 Å². The van der Waals surface area contributed by atoms with Crippen molar-refractivity contribution in [2.45, 2.75) is 26.2 Å². The zero-order valence-electron chi connectivity index (χ0n) is 11.5. The maximum atomic E-state index is 11.0. The van der Waals surface area contributed by atoms with Gasteiger partial charge >= 0.3 is 5.97 Å². The standard InChI is InChI=1S/C16H16N2O2/c1-9-4-3-5-11(6-9)14-7-10(2)17-15(18-14)12-8-13(12)16(19)20/h3-7,12-13H,8H2,1-2H3,(H,19,20). The number of aliphatic carboxylic acids is 1. The van der Waals surface area contributed by atoms with E-state index in [4.69, 9.17) is 5.11 Å². The average Bonchev–Trinajstić information content (AvgIpc) is 3.18. The van der Waals surface area contributed by atoms with Gasteiger partial charge in [-0.05, 0) is 32.4 Å². The summed E-state index contributed by atoms with van der Waals surface area (Å²) in [6.45, 7) is 3.96. The molecule has 1 saturated carbocycles. The lowest BCUT2D eigenvalue weighted by molar-refractivity contribution is -0.138. The highest BCUT2D eigenvalue weighted by atomic mass is 16.4. The fourth-order valence-electron chi connectivity index (χ4n) is 2.46. The summed E-state index contributed by atoms with van der Waals surface area (Å²) in [6.07, 6.45) is 0.645. The zero-order valence-corrected chi connectivity index (χ0v) is 11.5. The van der Waals surface area contributed by atoms with Crippen molar-refractivity contribution in [1.29, 1.82) is 0 Å². The highest BCUT2D eigenvalue weighted by molar-refractivity contribution is 5.75. The van der Waals surface area contributed by atoms with Crippen molar-refractivity contribution in [2.75, 3.05) is 0 Å². The molecule has 0 bridgehead atoms. The fourth-order valence-corrected chi connectivity index (χ4v) is 2.46. The topological polar surface area (TPSA) is 63.1 Å². The first-order valence-corrected chi connectivity index (χ1v) is 6.70. The smallest absolute Gasteiger partial charge is 0.307 e. The molecule has 0 aliphatic heterocycles. The molecule has 4 heteroatoms. The third-order valence-electron chi connectivity index (χ3n) is 3.62. The van der Waals surface area contributed by atoms with Crippen LogP contribution in [0.4, 0.5) is 0 Å². The van der Waals surface area contributed by atoms with Crippen LogP contribution in [-0.2, 0) is 4.79 Å². The van der Waals surface area contributed by atoms with Gasteiger partial charge in [0.25, 0.3) is 0 Å². The lowest BCUT2D eigenvalue weighted by atomic mass is 10.1. The van der Waals surface area contributed by atoms with Crippen LogP contribution in [-0.4, -0.2) is 21.0 Å². The SMILES string of the molecule is Cc1cccc(-c2cc(C)nc(C3CC3C(=O)O)n2)c1. The summed E-state index contributed by atoms with van der Waals surface area (Å²) in [4.78, 5) is 19.9. The van der Waals surface area contributed by atoms with E-state index in [-0.39, 0.29) is 11.8 Å². The molecule has 3 rings (SSSR count). The number of rotatable bonds is 3. The van der Waals surface area contributed by atoms with Crippen molar-refractivity contribution >= 4 is 5.97 Å². The molecule has 1 aliphatic rings. The van der Waals surface area contributed by atoms with Gasteiger partial charge in [0.2, 0.25) is 0 Å². The van der Waals surface area contributed by atoms with Gasteiger partial charge < -0.3 is 5.11 Å². The van der Waals surface area contributed by atoms with Crippen LogP contribution in [0.2, 0.25) is 0 Å². The average molecular weight is 268 g/mol. The first-order valence-electron chi connectivity index (χ1n) is 6.70. The van der Waals surface area contributed by atoms with Crippen molar-refractivity contribution in [3.63, 3.8) is 0 Å². The number of nitrogens with zero attached hydrogens (tertiary/aromatic N) is 2. The second-order valence-corrected chi connectivity index (χ2v) is 5.41. The molecule has 1 aliphatic carbocycles. The molecule has 102 valence electrons. The minimum absolute atomic E-state index is 0.0315. The molecule has 1 aromatic heterocycles. The predicted octanol–water partition coefficient (Wildman–Crippen LogP) is 2.95. The monoisotopic (exact) mass is 268 g/mol. The van der Waals surface area contributed by atoms with Gasteiger partial charge in [-0.15, -0.1) is 0 Å². The predicted molar refractivity (Wildman–Crippen MR) is 75.4 cm³/mol. The lowest BCUT2D eigenvalue weighted by Crippen LogP contribution is -2.03. The van der Waals surface area contributed by atoms with Crippen LogP contribution < -0.4 is 0 Å². The summed E-state index contributed by atoms with van der Waals surface area (Å²) in [7, 11) is 0. The van der Waals surface area contributed by atoms with Crippen molar-refractivity contribution in [2.24, 2.45) is 5.92 Å². The van der Waals surface area contributed by atoms with Crippen molar-refractivity contribution < 1.29 is 9.90 Å². The van der Waals surface area contributed by atoms with Gasteiger partial charge in [0.05, 0.1) is 11.6 Å². The van der Waals surface area contributed by atoms with Crippen molar-refractivity contribution in [1.82, 2.24) is 9.97 Å². The van der Waals surface area contributed by atoms with Gasteiger partial charge in [-0.25, -0.2) is 9.97 Å². The Labute approximate surface area is 117 Å². The molecule has 20 heavy (non-hydrogen) atoms. The summed E-state index contributed by atoms with van der Waals surface area (Å²) in [5, 5.41) is 9.02. The van der Waals surface area contributed by atoms with Crippen LogP contribution in [0.15, 0.2) is 30.3 Å². The number of carbonyl (C=O) groups is 1. The maximum absolute atomic E-state index is 11.0. The van der Waals surface area contributed by atoms with Crippen LogP contribution in [0, 0.1) is 19.8 Å². The summed E-state index contributed by atoms with van der Waals surface area (Å²) in [5.74, 6) is -0.441. The van der Waals surface area contributed by atoms with Gasteiger partial charge in [-0.1, -0.05) is 23.8 Å². The second-order valence-electron chi connectivity index (χ2n) is 5.41. The highest BCUT2D eigenvalue weighted by Crippen LogP contribution is 2.46. The van der Waals surface area contributed by atoms with Gasteiger partial charge in [0.15, 0.2) is 0 Å². The lowest BCUT2D eigenvalue weighted by Gasteiger charge is -2.06. The van der Waals surface area contributed by atoms with E-state index in [2.05, 4.69) is 16.0 Å². The van der Waals surface area contributed by atoms with E-state index in [9.17, 15) is 4.79 Å². The largest absolute Gasteiger partial charge is 0.481 e. The second kappa shape index (κ2) is 4.71. The van der Waals surface area contributed by atoms with Gasteiger partial charge in [-0.2, -0.15) is 0 Å². The molecule has 1 N–H and O–H groups in total. The van der Waals surface area contributed by atoms with Crippen molar-refractivity contribution in [3.8, 4) is 11.3 Å². The van der Waals surface area contributed by atoms with Crippen LogP contribution in [0.1, 0.15) is 29.4 Å². The normalized spacial score (nSPS) is 20.7. The Kier molecular flexibility index (Phi) is 3.01. The number of benzene rings is 1. The molecule has 1 aromatic carbocycles. The number of aryl methyl sites for hydroxylation is 2. The fraction of sp³-hybridized carbons (Fsp3) is 0.312. The maximum Gasteiger partial charge on any atom is 0.307 e. The highest BCUT2D eigenvalue weighted by Gasteiger charge is 2.46. The van der Waals surface area contributed by atoms with E-state index >= 15 is 0 Å². The molecule has 1 heterocycles. The molecule has 2 aromatic rings. The molecule has 0 amide bonds. The minimum Gasteiger partial charge on any atom is -0.481 e. The van der Waals surface area contributed by atoms with Crippen LogP contribution in [0.25, 0.3) is 11.3 Å². The third kappa shape index (κ3) is 2.41. The summed E-state index contributed by atoms with van der Waals surface area (Å²) in [6, 6.07) is 10.1. The van der Waals surface area contributed by atoms with E-state index in [1.54, 1.807) is 0 Å². The Morgan fingerprint density at radius 1 is 1.25 bits per heavy atom. The minimum atomic E-state index is -0.753. The van der Waals surface area contributed by atoms with Gasteiger partial charge in [-0.3, -0.25) is 4.79 Å². The molecule has 2 atom stereocenters. The quantitative estimate of drug-likeness (QED) is 0.929. The van der Waals surface area contributed by atoms with Crippen LogP contribution >= 0.6 is 0 Å². The van der Waals surface area contributed by atoms with E-state index in [1.165, 1.54) is 5.56 Å². The van der Waals surface area contributed by atoms with Crippen LogP contribution in [0.5, 0.6) is 0 Å². The Morgan fingerprint density at radius 2 is 2.05 bits per heavy atom. The van der Waals surface area contributed by atoms with E-state index in [0.29, 0.717) is 12.2 Å². The van der Waals surface area contributed by atoms with Gasteiger partial charge in [0, 0.05) is 17.2 Å². The van der Waals surface area contributed by atoms with Crippen LogP contribution in [0.3, 0.4) is 0 Å². The Bertz CT molecular complexity index is 682. The molecule has 2 unspecified atom stereocenters. The number of carboxylic acids is 1. The van der Waals surface area contributed by atoms with E-state index < -0.39 is 5.97 Å². The zero-order chi connectivity index (χ0) is 14.3. The number of carboxylic acid groups (broad SMARTS) is 1. The molecular weight excluding hydrogens is 252 g/mol. The first kappa shape index (κ1) is 12.8. The number of aromatic nitrogens is 2. The van der Waals surface area contributed by atoms with E-state index in [0.717, 1.165) is 17.0 Å². The van der Waals surface area contributed by atoms with E-state index in [1.807, 2.05) is 38.1 Å². The van der Waals surface area contributed by atoms with Gasteiger partial charge in [0.1, 0.15) is 5.82 Å². The molecular formula is C16H16N2O2.